The Morgan fingerprint density at radius 2 is 2.50 bits per heavy atom. The van der Waals surface area contributed by atoms with Gasteiger partial charge >= 0.3 is 0 Å². The van der Waals surface area contributed by atoms with Gasteiger partial charge in [-0.1, -0.05) is 5.16 Å². The van der Waals surface area contributed by atoms with E-state index < -0.39 is 0 Å². The lowest BCUT2D eigenvalue weighted by molar-refractivity contribution is 0.362. The first kappa shape index (κ1) is 11.4. The molecule has 1 aliphatic heterocycles. The Morgan fingerprint density at radius 3 is 3.22 bits per heavy atom. The second kappa shape index (κ2) is 4.89. The molecule has 1 saturated heterocycles. The van der Waals surface area contributed by atoms with Crippen LogP contribution in [0, 0.1) is 6.92 Å². The summed E-state index contributed by atoms with van der Waals surface area (Å²) >= 11 is 0. The molecule has 1 N–H and O–H groups in total. The monoisotopic (exact) mass is 247 g/mol. The second-order valence-corrected chi connectivity index (χ2v) is 4.73. The van der Waals surface area contributed by atoms with E-state index in [0.717, 1.165) is 13.1 Å². The number of piperidine rings is 1. The van der Waals surface area contributed by atoms with Gasteiger partial charge in [-0.2, -0.15) is 4.98 Å². The van der Waals surface area contributed by atoms with Crippen LogP contribution in [-0.2, 0) is 6.54 Å². The van der Waals surface area contributed by atoms with E-state index in [1.165, 1.54) is 18.5 Å². The Hall–Kier alpha value is -1.69. The summed E-state index contributed by atoms with van der Waals surface area (Å²) in [6.45, 7) is 4.57. The zero-order valence-electron chi connectivity index (χ0n) is 10.5. The predicted octanol–water partition coefficient (Wildman–Crippen LogP) is 1.09. The Labute approximate surface area is 105 Å². The summed E-state index contributed by atoms with van der Waals surface area (Å²) in [6.07, 6.45) is 6.21. The summed E-state index contributed by atoms with van der Waals surface area (Å²) in [5, 5.41) is 7.23. The van der Waals surface area contributed by atoms with Gasteiger partial charge in [0.1, 0.15) is 6.54 Å². The number of hydrogen-bond acceptors (Lipinski definition) is 5. The molecule has 0 bridgehead atoms. The van der Waals surface area contributed by atoms with Crippen LogP contribution in [0.1, 0.15) is 36.2 Å². The minimum Gasteiger partial charge on any atom is -0.337 e. The second-order valence-electron chi connectivity index (χ2n) is 4.73. The molecule has 0 aromatic carbocycles. The first-order valence-electron chi connectivity index (χ1n) is 6.33. The molecular weight excluding hydrogens is 230 g/mol. The summed E-state index contributed by atoms with van der Waals surface area (Å²) in [5.41, 5.74) is 1.25. The normalized spacial score (nSPS) is 20.2. The molecule has 0 amide bonds. The maximum absolute atomic E-state index is 5.15. The van der Waals surface area contributed by atoms with E-state index in [-0.39, 0.29) is 0 Å². The van der Waals surface area contributed by atoms with E-state index in [0.29, 0.717) is 24.2 Å². The molecule has 2 aromatic rings. The summed E-state index contributed by atoms with van der Waals surface area (Å²) in [4.78, 5) is 8.48. The molecule has 18 heavy (non-hydrogen) atoms. The van der Waals surface area contributed by atoms with Crippen LogP contribution in [0.3, 0.4) is 0 Å². The van der Waals surface area contributed by atoms with Gasteiger partial charge in [-0.25, -0.2) is 4.98 Å². The van der Waals surface area contributed by atoms with Crippen LogP contribution in [0.2, 0.25) is 0 Å². The lowest BCUT2D eigenvalue weighted by Gasteiger charge is -2.23. The fraction of sp³-hybridized carbons (Fsp3) is 0.583. The molecule has 0 aliphatic carbocycles. The van der Waals surface area contributed by atoms with E-state index in [9.17, 15) is 0 Å². The molecule has 6 heteroatoms. The maximum atomic E-state index is 5.15. The third-order valence-corrected chi connectivity index (χ3v) is 3.33. The third kappa shape index (κ3) is 2.28. The smallest absolute Gasteiger partial charge is 0.246 e. The average molecular weight is 247 g/mol. The summed E-state index contributed by atoms with van der Waals surface area (Å²) < 4.78 is 7.26. The number of aromatic nitrogens is 4. The van der Waals surface area contributed by atoms with Crippen molar-refractivity contribution >= 4 is 0 Å². The van der Waals surface area contributed by atoms with E-state index >= 15 is 0 Å². The van der Waals surface area contributed by atoms with Crippen LogP contribution in [-0.4, -0.2) is 32.8 Å². The Kier molecular flexibility index (Phi) is 3.10. The topological polar surface area (TPSA) is 68.8 Å². The quantitative estimate of drug-likeness (QED) is 0.879. The fourth-order valence-corrected chi connectivity index (χ4v) is 2.46. The number of rotatable bonds is 3. The van der Waals surface area contributed by atoms with Gasteiger partial charge in [0, 0.05) is 24.4 Å². The molecule has 0 saturated carbocycles. The van der Waals surface area contributed by atoms with E-state index in [1.807, 2.05) is 19.4 Å². The van der Waals surface area contributed by atoms with Crippen molar-refractivity contribution in [3.8, 4) is 0 Å². The molecule has 0 radical (unpaired) electrons. The Bertz CT molecular complexity index is 512. The number of nitrogens with zero attached hydrogens (tertiary/aromatic N) is 4. The van der Waals surface area contributed by atoms with Crippen LogP contribution < -0.4 is 5.32 Å². The zero-order chi connectivity index (χ0) is 12.4. The van der Waals surface area contributed by atoms with E-state index in [1.54, 1.807) is 0 Å². The fourth-order valence-electron chi connectivity index (χ4n) is 2.46. The Morgan fingerprint density at radius 1 is 1.56 bits per heavy atom. The van der Waals surface area contributed by atoms with Crippen LogP contribution >= 0.6 is 0 Å². The molecule has 1 fully saturated rings. The van der Waals surface area contributed by atoms with Crippen molar-refractivity contribution in [2.75, 3.05) is 13.1 Å². The zero-order valence-corrected chi connectivity index (χ0v) is 10.5. The molecule has 2 aromatic heterocycles. The van der Waals surface area contributed by atoms with Crippen LogP contribution in [0.5, 0.6) is 0 Å². The van der Waals surface area contributed by atoms with Crippen molar-refractivity contribution in [2.24, 2.45) is 0 Å². The average Bonchev–Trinajstić information content (AvgIpc) is 3.00. The number of imidazole rings is 1. The van der Waals surface area contributed by atoms with Crippen molar-refractivity contribution in [1.82, 2.24) is 25.0 Å². The standard InChI is InChI=1S/C12H17N5O/c1-9-15-12(18-16-9)7-17-8-14-6-11(17)10-3-2-4-13-5-10/h6,8,10,13H,2-5,7H2,1H3. The maximum Gasteiger partial charge on any atom is 0.246 e. The highest BCUT2D eigenvalue weighted by atomic mass is 16.5. The van der Waals surface area contributed by atoms with Crippen molar-refractivity contribution in [2.45, 2.75) is 32.2 Å². The van der Waals surface area contributed by atoms with Crippen molar-refractivity contribution in [3.63, 3.8) is 0 Å². The minimum absolute atomic E-state index is 0.533. The van der Waals surface area contributed by atoms with Gasteiger partial charge in [0.25, 0.3) is 0 Å². The highest BCUT2D eigenvalue weighted by molar-refractivity contribution is 5.09. The SMILES string of the molecule is Cc1noc(Cn2cncc2C2CCCNC2)n1. The van der Waals surface area contributed by atoms with E-state index in [2.05, 4.69) is 25.0 Å². The molecular formula is C12H17N5O. The van der Waals surface area contributed by atoms with Crippen molar-refractivity contribution < 1.29 is 4.52 Å². The predicted molar refractivity (Wildman–Crippen MR) is 65.2 cm³/mol. The van der Waals surface area contributed by atoms with Gasteiger partial charge in [0.2, 0.25) is 5.89 Å². The summed E-state index contributed by atoms with van der Waals surface area (Å²) in [5.74, 6) is 1.84. The molecule has 0 spiro atoms. The summed E-state index contributed by atoms with van der Waals surface area (Å²) in [6, 6.07) is 0. The molecule has 1 unspecified atom stereocenters. The van der Waals surface area contributed by atoms with Crippen LogP contribution in [0.15, 0.2) is 17.0 Å². The number of aryl methyl sites for hydroxylation is 1. The van der Waals surface area contributed by atoms with Gasteiger partial charge in [0.15, 0.2) is 5.82 Å². The van der Waals surface area contributed by atoms with Crippen LogP contribution in [0.4, 0.5) is 0 Å². The first-order valence-corrected chi connectivity index (χ1v) is 6.33. The molecule has 1 atom stereocenters. The van der Waals surface area contributed by atoms with Crippen molar-refractivity contribution in [3.05, 3.63) is 29.9 Å². The lowest BCUT2D eigenvalue weighted by Crippen LogP contribution is -2.29. The van der Waals surface area contributed by atoms with Gasteiger partial charge in [0.05, 0.1) is 6.33 Å². The van der Waals surface area contributed by atoms with Gasteiger partial charge in [-0.05, 0) is 26.3 Å². The highest BCUT2D eigenvalue weighted by Gasteiger charge is 2.19. The molecule has 3 heterocycles. The lowest BCUT2D eigenvalue weighted by atomic mass is 9.96. The Balaban J connectivity index is 1.78. The van der Waals surface area contributed by atoms with Crippen LogP contribution in [0.25, 0.3) is 0 Å². The number of hydrogen-bond donors (Lipinski definition) is 1. The van der Waals surface area contributed by atoms with E-state index in [4.69, 9.17) is 4.52 Å². The summed E-state index contributed by atoms with van der Waals surface area (Å²) in [7, 11) is 0. The molecule has 6 nitrogen and oxygen atoms in total. The minimum atomic E-state index is 0.533. The largest absolute Gasteiger partial charge is 0.337 e. The molecule has 1 aliphatic rings. The van der Waals surface area contributed by atoms with Gasteiger partial charge in [-0.3, -0.25) is 0 Å². The highest BCUT2D eigenvalue weighted by Crippen LogP contribution is 2.23. The van der Waals surface area contributed by atoms with Gasteiger partial charge in [-0.15, -0.1) is 0 Å². The number of nitrogens with one attached hydrogen (secondary N) is 1. The molecule has 96 valence electrons. The van der Waals surface area contributed by atoms with Gasteiger partial charge < -0.3 is 14.4 Å². The molecule has 3 rings (SSSR count). The third-order valence-electron chi connectivity index (χ3n) is 3.33. The first-order chi connectivity index (χ1) is 8.83. The van der Waals surface area contributed by atoms with Crippen molar-refractivity contribution in [1.29, 1.82) is 0 Å².